The molecule has 18 heavy (non-hydrogen) atoms. The summed E-state index contributed by atoms with van der Waals surface area (Å²) in [6.45, 7) is 3.23. The molecule has 1 heterocycles. The van der Waals surface area contributed by atoms with Crippen molar-refractivity contribution in [2.45, 2.75) is 19.4 Å². The summed E-state index contributed by atoms with van der Waals surface area (Å²) in [7, 11) is 1.62. The number of benzene rings is 1. The summed E-state index contributed by atoms with van der Waals surface area (Å²) in [5.41, 5.74) is 1.75. The number of anilines is 1. The SMILES string of the molecule is COc1ccc(NC(=O)NC2CCOC2)c(C)c1. The molecule has 0 aromatic heterocycles. The molecule has 5 nitrogen and oxygen atoms in total. The molecule has 1 saturated heterocycles. The van der Waals surface area contributed by atoms with E-state index >= 15 is 0 Å². The van der Waals surface area contributed by atoms with E-state index in [1.165, 1.54) is 0 Å². The molecule has 2 rings (SSSR count). The molecule has 1 unspecified atom stereocenters. The molecule has 1 fully saturated rings. The number of carbonyl (C=O) groups is 1. The molecule has 98 valence electrons. The fraction of sp³-hybridized carbons (Fsp3) is 0.462. The van der Waals surface area contributed by atoms with Gasteiger partial charge in [0.15, 0.2) is 0 Å². The minimum Gasteiger partial charge on any atom is -0.497 e. The zero-order valence-corrected chi connectivity index (χ0v) is 10.7. The number of carbonyl (C=O) groups excluding carboxylic acids is 1. The lowest BCUT2D eigenvalue weighted by Gasteiger charge is -2.13. The number of amides is 2. The third-order valence-corrected chi connectivity index (χ3v) is 2.95. The fourth-order valence-electron chi connectivity index (χ4n) is 1.90. The van der Waals surface area contributed by atoms with Crippen LogP contribution in [0.4, 0.5) is 10.5 Å². The summed E-state index contributed by atoms with van der Waals surface area (Å²) in [4.78, 5) is 11.8. The van der Waals surface area contributed by atoms with E-state index in [0.29, 0.717) is 13.2 Å². The molecular formula is C13H18N2O3. The summed E-state index contributed by atoms with van der Waals surface area (Å²) in [5, 5.41) is 5.70. The molecule has 0 aliphatic carbocycles. The fourth-order valence-corrected chi connectivity index (χ4v) is 1.90. The Bertz CT molecular complexity index is 428. The van der Waals surface area contributed by atoms with Gasteiger partial charge in [0.25, 0.3) is 0 Å². The third kappa shape index (κ3) is 3.13. The van der Waals surface area contributed by atoms with Gasteiger partial charge in [0.1, 0.15) is 5.75 Å². The van der Waals surface area contributed by atoms with Crippen LogP contribution in [0.2, 0.25) is 0 Å². The average molecular weight is 250 g/mol. The van der Waals surface area contributed by atoms with Crippen molar-refractivity contribution in [3.8, 4) is 5.75 Å². The molecular weight excluding hydrogens is 232 g/mol. The first-order valence-electron chi connectivity index (χ1n) is 5.99. The minimum absolute atomic E-state index is 0.114. The van der Waals surface area contributed by atoms with E-state index in [2.05, 4.69) is 10.6 Å². The van der Waals surface area contributed by atoms with Crippen LogP contribution in [0.1, 0.15) is 12.0 Å². The van der Waals surface area contributed by atoms with Crippen molar-refractivity contribution < 1.29 is 14.3 Å². The van der Waals surface area contributed by atoms with E-state index in [9.17, 15) is 4.79 Å². The zero-order chi connectivity index (χ0) is 13.0. The van der Waals surface area contributed by atoms with Crippen LogP contribution in [0, 0.1) is 6.92 Å². The second-order valence-corrected chi connectivity index (χ2v) is 4.34. The monoisotopic (exact) mass is 250 g/mol. The van der Waals surface area contributed by atoms with Gasteiger partial charge in [0, 0.05) is 12.3 Å². The highest BCUT2D eigenvalue weighted by Crippen LogP contribution is 2.20. The van der Waals surface area contributed by atoms with Gasteiger partial charge in [0.2, 0.25) is 0 Å². The molecule has 1 aromatic carbocycles. The van der Waals surface area contributed by atoms with E-state index in [1.54, 1.807) is 7.11 Å². The maximum absolute atomic E-state index is 11.8. The highest BCUT2D eigenvalue weighted by molar-refractivity contribution is 5.90. The number of methoxy groups -OCH3 is 1. The van der Waals surface area contributed by atoms with Crippen LogP contribution in [0.25, 0.3) is 0 Å². The number of rotatable bonds is 3. The zero-order valence-electron chi connectivity index (χ0n) is 10.7. The van der Waals surface area contributed by atoms with Crippen LogP contribution in [0.15, 0.2) is 18.2 Å². The molecule has 0 saturated carbocycles. The maximum atomic E-state index is 11.8. The van der Waals surface area contributed by atoms with Crippen molar-refractivity contribution in [3.05, 3.63) is 23.8 Å². The predicted molar refractivity (Wildman–Crippen MR) is 69.1 cm³/mol. The van der Waals surface area contributed by atoms with Crippen LogP contribution < -0.4 is 15.4 Å². The van der Waals surface area contributed by atoms with E-state index in [1.807, 2.05) is 25.1 Å². The Morgan fingerprint density at radius 1 is 1.50 bits per heavy atom. The molecule has 1 atom stereocenters. The Balaban J connectivity index is 1.93. The van der Waals surface area contributed by atoms with Crippen LogP contribution in [0.3, 0.4) is 0 Å². The van der Waals surface area contributed by atoms with Crippen LogP contribution in [-0.4, -0.2) is 32.4 Å². The van der Waals surface area contributed by atoms with E-state index in [0.717, 1.165) is 23.4 Å². The van der Waals surface area contributed by atoms with E-state index < -0.39 is 0 Å². The second-order valence-electron chi connectivity index (χ2n) is 4.34. The Morgan fingerprint density at radius 3 is 2.94 bits per heavy atom. The lowest BCUT2D eigenvalue weighted by molar-refractivity contribution is 0.189. The van der Waals surface area contributed by atoms with Gasteiger partial charge < -0.3 is 20.1 Å². The van der Waals surface area contributed by atoms with Crippen LogP contribution >= 0.6 is 0 Å². The number of aryl methyl sites for hydroxylation is 1. The molecule has 1 aliphatic rings. The molecule has 0 bridgehead atoms. The van der Waals surface area contributed by atoms with Crippen molar-refractivity contribution >= 4 is 11.7 Å². The summed E-state index contributed by atoms with van der Waals surface area (Å²) in [6.07, 6.45) is 0.870. The minimum atomic E-state index is -0.196. The first-order chi connectivity index (χ1) is 8.69. The summed E-state index contributed by atoms with van der Waals surface area (Å²) in [6, 6.07) is 5.46. The van der Waals surface area contributed by atoms with Gasteiger partial charge in [0.05, 0.1) is 19.8 Å². The number of hydrogen-bond acceptors (Lipinski definition) is 3. The first kappa shape index (κ1) is 12.7. The van der Waals surface area contributed by atoms with Gasteiger partial charge in [-0.2, -0.15) is 0 Å². The molecule has 2 N–H and O–H groups in total. The van der Waals surface area contributed by atoms with Gasteiger partial charge >= 0.3 is 6.03 Å². The summed E-state index contributed by atoms with van der Waals surface area (Å²) < 4.78 is 10.3. The molecule has 0 radical (unpaired) electrons. The quantitative estimate of drug-likeness (QED) is 0.861. The van der Waals surface area contributed by atoms with Crippen molar-refractivity contribution in [2.75, 3.05) is 25.6 Å². The third-order valence-electron chi connectivity index (χ3n) is 2.95. The Morgan fingerprint density at radius 2 is 2.33 bits per heavy atom. The van der Waals surface area contributed by atoms with Crippen molar-refractivity contribution in [1.82, 2.24) is 5.32 Å². The number of ether oxygens (including phenoxy) is 2. The highest BCUT2D eigenvalue weighted by Gasteiger charge is 2.17. The summed E-state index contributed by atoms with van der Waals surface area (Å²) in [5.74, 6) is 0.780. The van der Waals surface area contributed by atoms with Crippen molar-refractivity contribution in [3.63, 3.8) is 0 Å². The van der Waals surface area contributed by atoms with Gasteiger partial charge in [-0.25, -0.2) is 4.79 Å². The molecule has 1 aliphatic heterocycles. The number of nitrogens with one attached hydrogen (secondary N) is 2. The molecule has 2 amide bonds. The van der Waals surface area contributed by atoms with Gasteiger partial charge in [-0.15, -0.1) is 0 Å². The lowest BCUT2D eigenvalue weighted by Crippen LogP contribution is -2.38. The maximum Gasteiger partial charge on any atom is 0.319 e. The van der Waals surface area contributed by atoms with Gasteiger partial charge in [-0.1, -0.05) is 0 Å². The molecule has 1 aromatic rings. The number of hydrogen-bond donors (Lipinski definition) is 2. The van der Waals surface area contributed by atoms with E-state index in [-0.39, 0.29) is 12.1 Å². The lowest BCUT2D eigenvalue weighted by atomic mass is 10.2. The van der Waals surface area contributed by atoms with Gasteiger partial charge in [-0.05, 0) is 37.1 Å². The largest absolute Gasteiger partial charge is 0.497 e. The topological polar surface area (TPSA) is 59.6 Å². The Hall–Kier alpha value is -1.75. The Labute approximate surface area is 106 Å². The standard InChI is InChI=1S/C13H18N2O3/c1-9-7-11(17-2)3-4-12(9)15-13(16)14-10-5-6-18-8-10/h3-4,7,10H,5-6,8H2,1-2H3,(H2,14,15,16). The van der Waals surface area contributed by atoms with Crippen LogP contribution in [-0.2, 0) is 4.74 Å². The first-order valence-corrected chi connectivity index (χ1v) is 5.99. The molecule has 0 spiro atoms. The van der Waals surface area contributed by atoms with Crippen molar-refractivity contribution in [1.29, 1.82) is 0 Å². The highest BCUT2D eigenvalue weighted by atomic mass is 16.5. The smallest absolute Gasteiger partial charge is 0.319 e. The Kier molecular flexibility index (Phi) is 4.04. The van der Waals surface area contributed by atoms with Crippen LogP contribution in [0.5, 0.6) is 5.75 Å². The van der Waals surface area contributed by atoms with Crippen molar-refractivity contribution in [2.24, 2.45) is 0 Å². The summed E-state index contributed by atoms with van der Waals surface area (Å²) >= 11 is 0. The predicted octanol–water partition coefficient (Wildman–Crippen LogP) is 1.91. The van der Waals surface area contributed by atoms with Gasteiger partial charge in [-0.3, -0.25) is 0 Å². The number of urea groups is 1. The molecule has 5 heteroatoms. The normalized spacial score (nSPS) is 18.4. The average Bonchev–Trinajstić information content (AvgIpc) is 2.84. The van der Waals surface area contributed by atoms with E-state index in [4.69, 9.17) is 9.47 Å². The second kappa shape index (κ2) is 5.73.